The predicted octanol–water partition coefficient (Wildman–Crippen LogP) is 1.05. The van der Waals surface area contributed by atoms with Crippen LogP contribution in [0.3, 0.4) is 0 Å². The standard InChI is InChI=1S/C14H23N3O2/c1-16(8-3-7-15)14(18)11-17(12-5-6-12)10-13-4-2-9-19-13/h2,4,9,12H,3,5-8,10-11,15H2,1H3. The van der Waals surface area contributed by atoms with Crippen molar-refractivity contribution in [1.29, 1.82) is 0 Å². The third-order valence-electron chi connectivity index (χ3n) is 3.46. The normalized spacial score (nSPS) is 14.9. The van der Waals surface area contributed by atoms with E-state index in [1.54, 1.807) is 11.2 Å². The van der Waals surface area contributed by atoms with Gasteiger partial charge in [0.25, 0.3) is 0 Å². The first-order chi connectivity index (χ1) is 9.20. The van der Waals surface area contributed by atoms with E-state index in [9.17, 15) is 4.79 Å². The van der Waals surface area contributed by atoms with Crippen molar-refractivity contribution in [3.05, 3.63) is 24.2 Å². The number of amides is 1. The van der Waals surface area contributed by atoms with Gasteiger partial charge in [-0.3, -0.25) is 9.69 Å². The third-order valence-corrected chi connectivity index (χ3v) is 3.46. The molecule has 1 fully saturated rings. The zero-order chi connectivity index (χ0) is 13.7. The van der Waals surface area contributed by atoms with E-state index >= 15 is 0 Å². The topological polar surface area (TPSA) is 62.7 Å². The van der Waals surface area contributed by atoms with E-state index in [0.29, 0.717) is 25.7 Å². The zero-order valence-corrected chi connectivity index (χ0v) is 11.5. The van der Waals surface area contributed by atoms with Crippen LogP contribution in [0.1, 0.15) is 25.0 Å². The lowest BCUT2D eigenvalue weighted by atomic mass is 10.3. The molecular weight excluding hydrogens is 242 g/mol. The SMILES string of the molecule is CN(CCCN)C(=O)CN(Cc1ccco1)C1CC1. The van der Waals surface area contributed by atoms with E-state index in [1.807, 2.05) is 19.2 Å². The molecule has 106 valence electrons. The molecule has 0 unspecified atom stereocenters. The molecule has 2 N–H and O–H groups in total. The number of furan rings is 1. The molecule has 19 heavy (non-hydrogen) atoms. The Labute approximate surface area is 114 Å². The molecule has 1 amide bonds. The van der Waals surface area contributed by atoms with Gasteiger partial charge in [0, 0.05) is 19.6 Å². The van der Waals surface area contributed by atoms with Crippen LogP contribution >= 0.6 is 0 Å². The molecule has 0 aromatic carbocycles. The lowest BCUT2D eigenvalue weighted by Crippen LogP contribution is -2.39. The molecule has 0 aliphatic heterocycles. The average molecular weight is 265 g/mol. The summed E-state index contributed by atoms with van der Waals surface area (Å²) in [4.78, 5) is 16.1. The van der Waals surface area contributed by atoms with Crippen molar-refractivity contribution in [1.82, 2.24) is 9.80 Å². The van der Waals surface area contributed by atoms with E-state index in [0.717, 1.165) is 18.7 Å². The molecule has 0 atom stereocenters. The van der Waals surface area contributed by atoms with Gasteiger partial charge in [-0.1, -0.05) is 0 Å². The summed E-state index contributed by atoms with van der Waals surface area (Å²) in [5.41, 5.74) is 5.47. The average Bonchev–Trinajstić information content (AvgIpc) is 3.13. The van der Waals surface area contributed by atoms with Crippen molar-refractivity contribution in [2.24, 2.45) is 5.73 Å². The number of rotatable bonds is 8. The van der Waals surface area contributed by atoms with Gasteiger partial charge in [-0.25, -0.2) is 0 Å². The van der Waals surface area contributed by atoms with Crippen molar-refractivity contribution >= 4 is 5.91 Å². The van der Waals surface area contributed by atoms with Crippen LogP contribution in [0.5, 0.6) is 0 Å². The van der Waals surface area contributed by atoms with Crippen LogP contribution in [0.25, 0.3) is 0 Å². The first-order valence-corrected chi connectivity index (χ1v) is 6.91. The van der Waals surface area contributed by atoms with Gasteiger partial charge in [0.05, 0.1) is 19.4 Å². The molecule has 5 nitrogen and oxygen atoms in total. The Hall–Kier alpha value is -1.33. The largest absolute Gasteiger partial charge is 0.468 e. The molecule has 5 heteroatoms. The Balaban J connectivity index is 1.84. The Morgan fingerprint density at radius 3 is 2.89 bits per heavy atom. The molecule has 1 aromatic rings. The second-order valence-electron chi connectivity index (χ2n) is 5.17. The molecule has 1 heterocycles. The maximum Gasteiger partial charge on any atom is 0.236 e. The molecule has 0 bridgehead atoms. The van der Waals surface area contributed by atoms with Crippen LogP contribution in [-0.4, -0.2) is 48.4 Å². The summed E-state index contributed by atoms with van der Waals surface area (Å²) in [6.07, 6.45) is 4.89. The van der Waals surface area contributed by atoms with Gasteiger partial charge in [-0.2, -0.15) is 0 Å². The van der Waals surface area contributed by atoms with Crippen LogP contribution in [0.4, 0.5) is 0 Å². The van der Waals surface area contributed by atoms with Crippen LogP contribution in [0, 0.1) is 0 Å². The lowest BCUT2D eigenvalue weighted by Gasteiger charge is -2.24. The van der Waals surface area contributed by atoms with Gasteiger partial charge in [0.1, 0.15) is 5.76 Å². The predicted molar refractivity (Wildman–Crippen MR) is 73.4 cm³/mol. The van der Waals surface area contributed by atoms with Gasteiger partial charge < -0.3 is 15.1 Å². The minimum absolute atomic E-state index is 0.159. The summed E-state index contributed by atoms with van der Waals surface area (Å²) in [6, 6.07) is 4.38. The van der Waals surface area contributed by atoms with Crippen LogP contribution in [0.15, 0.2) is 22.8 Å². The van der Waals surface area contributed by atoms with E-state index in [1.165, 1.54) is 12.8 Å². The third kappa shape index (κ3) is 4.36. The molecule has 1 aliphatic carbocycles. The van der Waals surface area contributed by atoms with Crippen molar-refractivity contribution in [2.75, 3.05) is 26.7 Å². The quantitative estimate of drug-likeness (QED) is 0.763. The molecule has 1 aliphatic rings. The fraction of sp³-hybridized carbons (Fsp3) is 0.643. The summed E-state index contributed by atoms with van der Waals surface area (Å²) in [7, 11) is 1.84. The Morgan fingerprint density at radius 2 is 2.32 bits per heavy atom. The number of carbonyl (C=O) groups excluding carboxylic acids is 1. The molecule has 0 radical (unpaired) electrons. The summed E-state index contributed by atoms with van der Waals surface area (Å²) < 4.78 is 5.37. The minimum atomic E-state index is 0.159. The summed E-state index contributed by atoms with van der Waals surface area (Å²) in [5.74, 6) is 1.08. The van der Waals surface area contributed by atoms with E-state index < -0.39 is 0 Å². The lowest BCUT2D eigenvalue weighted by molar-refractivity contribution is -0.131. The number of hydrogen-bond acceptors (Lipinski definition) is 4. The second-order valence-corrected chi connectivity index (χ2v) is 5.17. The first-order valence-electron chi connectivity index (χ1n) is 6.91. The first kappa shape index (κ1) is 14.1. The van der Waals surface area contributed by atoms with Crippen molar-refractivity contribution in [2.45, 2.75) is 31.8 Å². The molecule has 1 saturated carbocycles. The van der Waals surface area contributed by atoms with Crippen LogP contribution < -0.4 is 5.73 Å². The van der Waals surface area contributed by atoms with Gasteiger partial charge in [0.2, 0.25) is 5.91 Å². The zero-order valence-electron chi connectivity index (χ0n) is 11.5. The van der Waals surface area contributed by atoms with Crippen molar-refractivity contribution in [3.63, 3.8) is 0 Å². The molecule has 0 saturated heterocycles. The van der Waals surface area contributed by atoms with Crippen molar-refractivity contribution in [3.8, 4) is 0 Å². The molecule has 2 rings (SSSR count). The Morgan fingerprint density at radius 1 is 1.53 bits per heavy atom. The Bertz CT molecular complexity index is 387. The Kier molecular flexibility index (Phi) is 4.99. The molecule has 1 aromatic heterocycles. The summed E-state index contributed by atoms with van der Waals surface area (Å²) in [6.45, 7) is 2.53. The fourth-order valence-corrected chi connectivity index (χ4v) is 2.10. The van der Waals surface area contributed by atoms with E-state index in [4.69, 9.17) is 10.2 Å². The van der Waals surface area contributed by atoms with Gasteiger partial charge >= 0.3 is 0 Å². The highest BCUT2D eigenvalue weighted by molar-refractivity contribution is 5.78. The number of hydrogen-bond donors (Lipinski definition) is 1. The monoisotopic (exact) mass is 265 g/mol. The smallest absolute Gasteiger partial charge is 0.236 e. The highest BCUT2D eigenvalue weighted by Gasteiger charge is 2.31. The van der Waals surface area contributed by atoms with Crippen LogP contribution in [0.2, 0.25) is 0 Å². The van der Waals surface area contributed by atoms with Gasteiger partial charge in [-0.05, 0) is 37.9 Å². The van der Waals surface area contributed by atoms with E-state index in [-0.39, 0.29) is 5.91 Å². The maximum atomic E-state index is 12.1. The fourth-order valence-electron chi connectivity index (χ4n) is 2.10. The number of nitrogens with two attached hydrogens (primary N) is 1. The summed E-state index contributed by atoms with van der Waals surface area (Å²) in [5, 5.41) is 0. The number of nitrogens with zero attached hydrogens (tertiary/aromatic N) is 2. The number of likely N-dealkylation sites (N-methyl/N-ethyl adjacent to an activating group) is 1. The van der Waals surface area contributed by atoms with Crippen molar-refractivity contribution < 1.29 is 9.21 Å². The van der Waals surface area contributed by atoms with Crippen LogP contribution in [-0.2, 0) is 11.3 Å². The second kappa shape index (κ2) is 6.73. The van der Waals surface area contributed by atoms with Gasteiger partial charge in [-0.15, -0.1) is 0 Å². The summed E-state index contributed by atoms with van der Waals surface area (Å²) >= 11 is 0. The highest BCUT2D eigenvalue weighted by Crippen LogP contribution is 2.28. The highest BCUT2D eigenvalue weighted by atomic mass is 16.3. The van der Waals surface area contributed by atoms with Gasteiger partial charge in [0.15, 0.2) is 0 Å². The molecular formula is C14H23N3O2. The maximum absolute atomic E-state index is 12.1. The molecule has 0 spiro atoms. The number of carbonyl (C=O) groups is 1. The minimum Gasteiger partial charge on any atom is -0.468 e. The van der Waals surface area contributed by atoms with E-state index in [2.05, 4.69) is 4.90 Å².